The highest BCUT2D eigenvalue weighted by Gasteiger charge is 2.10. The lowest BCUT2D eigenvalue weighted by atomic mass is 10.2. The number of carbonyl (C=O) groups is 1. The van der Waals surface area contributed by atoms with Gasteiger partial charge in [-0.3, -0.25) is 9.78 Å². The number of amides is 1. The highest BCUT2D eigenvalue weighted by molar-refractivity contribution is 6.37. The van der Waals surface area contributed by atoms with E-state index in [1.54, 1.807) is 30.5 Å². The van der Waals surface area contributed by atoms with Crippen molar-refractivity contribution in [3.8, 4) is 0 Å². The second kappa shape index (κ2) is 5.38. The van der Waals surface area contributed by atoms with E-state index in [0.29, 0.717) is 21.3 Å². The van der Waals surface area contributed by atoms with Crippen LogP contribution in [0.1, 0.15) is 16.1 Å². The van der Waals surface area contributed by atoms with Crippen LogP contribution in [0.5, 0.6) is 0 Å². The molecule has 0 atom stereocenters. The molecule has 0 aliphatic carbocycles. The zero-order chi connectivity index (χ0) is 13.1. The van der Waals surface area contributed by atoms with Gasteiger partial charge in [0.15, 0.2) is 0 Å². The number of aromatic nitrogens is 1. The minimum absolute atomic E-state index is 0.276. The standard InChI is InChI=1S/C13H10Cl2N2O/c1-8-6-10(4-5-16-8)17-13(18)11-3-2-9(14)7-12(11)15/h2-7H,1H3,(H,16,17,18). The number of anilines is 1. The molecule has 1 N–H and O–H groups in total. The molecule has 92 valence electrons. The highest BCUT2D eigenvalue weighted by Crippen LogP contribution is 2.22. The van der Waals surface area contributed by atoms with Crippen LogP contribution in [0.25, 0.3) is 0 Å². The number of aryl methyl sites for hydroxylation is 1. The number of nitrogens with zero attached hydrogens (tertiary/aromatic N) is 1. The molecule has 0 spiro atoms. The molecular formula is C13H10Cl2N2O. The SMILES string of the molecule is Cc1cc(NC(=O)c2ccc(Cl)cc2Cl)ccn1. The van der Waals surface area contributed by atoms with Gasteiger partial charge in [0.1, 0.15) is 0 Å². The van der Waals surface area contributed by atoms with Crippen molar-refractivity contribution in [1.82, 2.24) is 4.98 Å². The molecule has 1 aromatic carbocycles. The van der Waals surface area contributed by atoms with Gasteiger partial charge in [-0.05, 0) is 37.3 Å². The van der Waals surface area contributed by atoms with Crippen molar-refractivity contribution in [3.63, 3.8) is 0 Å². The van der Waals surface area contributed by atoms with Gasteiger partial charge < -0.3 is 5.32 Å². The first kappa shape index (κ1) is 12.9. The molecule has 0 bridgehead atoms. The summed E-state index contributed by atoms with van der Waals surface area (Å²) in [6, 6.07) is 8.25. The molecule has 0 saturated carbocycles. The molecule has 0 fully saturated rings. The van der Waals surface area contributed by atoms with E-state index < -0.39 is 0 Å². The Kier molecular flexibility index (Phi) is 3.84. The van der Waals surface area contributed by atoms with E-state index in [9.17, 15) is 4.79 Å². The summed E-state index contributed by atoms with van der Waals surface area (Å²) in [7, 11) is 0. The van der Waals surface area contributed by atoms with Crippen LogP contribution in [0.2, 0.25) is 10.0 Å². The zero-order valence-electron chi connectivity index (χ0n) is 9.58. The Balaban J connectivity index is 2.22. The average molecular weight is 281 g/mol. The molecule has 0 aliphatic rings. The summed E-state index contributed by atoms with van der Waals surface area (Å²) in [6.07, 6.45) is 1.63. The Labute approximate surface area is 115 Å². The first-order valence-corrected chi connectivity index (χ1v) is 6.01. The van der Waals surface area contributed by atoms with E-state index in [0.717, 1.165) is 5.69 Å². The molecule has 0 aliphatic heterocycles. The zero-order valence-corrected chi connectivity index (χ0v) is 11.1. The maximum absolute atomic E-state index is 12.0. The van der Waals surface area contributed by atoms with E-state index in [-0.39, 0.29) is 5.91 Å². The molecule has 1 heterocycles. The predicted molar refractivity (Wildman–Crippen MR) is 73.4 cm³/mol. The molecule has 1 amide bonds. The summed E-state index contributed by atoms with van der Waals surface area (Å²) in [4.78, 5) is 16.1. The number of halogens is 2. The lowest BCUT2D eigenvalue weighted by molar-refractivity contribution is 0.102. The normalized spacial score (nSPS) is 10.2. The number of benzene rings is 1. The fraction of sp³-hybridized carbons (Fsp3) is 0.0769. The average Bonchev–Trinajstić information content (AvgIpc) is 2.28. The summed E-state index contributed by atoms with van der Waals surface area (Å²) in [6.45, 7) is 1.85. The molecule has 1 aromatic heterocycles. The van der Waals surface area contributed by atoms with Crippen molar-refractivity contribution in [2.75, 3.05) is 5.32 Å². The van der Waals surface area contributed by atoms with Gasteiger partial charge in [0.05, 0.1) is 10.6 Å². The van der Waals surface area contributed by atoms with Crippen LogP contribution < -0.4 is 5.32 Å². The van der Waals surface area contributed by atoms with Crippen molar-refractivity contribution < 1.29 is 4.79 Å². The Hall–Kier alpha value is -1.58. The topological polar surface area (TPSA) is 42.0 Å². The number of carbonyl (C=O) groups excluding carboxylic acids is 1. The third-order valence-corrected chi connectivity index (χ3v) is 2.88. The van der Waals surface area contributed by atoms with Crippen LogP contribution in [0.15, 0.2) is 36.5 Å². The lowest BCUT2D eigenvalue weighted by Crippen LogP contribution is -2.12. The third kappa shape index (κ3) is 3.00. The van der Waals surface area contributed by atoms with Crippen LogP contribution >= 0.6 is 23.2 Å². The summed E-state index contributed by atoms with van der Waals surface area (Å²) in [5.41, 5.74) is 1.89. The summed E-state index contributed by atoms with van der Waals surface area (Å²) in [5.74, 6) is -0.276. The number of rotatable bonds is 2. The molecule has 0 radical (unpaired) electrons. The maximum Gasteiger partial charge on any atom is 0.257 e. The Bertz CT molecular complexity index is 599. The van der Waals surface area contributed by atoms with Gasteiger partial charge in [0.25, 0.3) is 5.91 Å². The first-order chi connectivity index (χ1) is 8.56. The van der Waals surface area contributed by atoms with E-state index >= 15 is 0 Å². The van der Waals surface area contributed by atoms with Crippen molar-refractivity contribution in [1.29, 1.82) is 0 Å². The quantitative estimate of drug-likeness (QED) is 0.905. The largest absolute Gasteiger partial charge is 0.322 e. The van der Waals surface area contributed by atoms with Gasteiger partial charge in [-0.25, -0.2) is 0 Å². The number of nitrogens with one attached hydrogen (secondary N) is 1. The molecular weight excluding hydrogens is 271 g/mol. The summed E-state index contributed by atoms with van der Waals surface area (Å²) >= 11 is 11.7. The van der Waals surface area contributed by atoms with E-state index in [2.05, 4.69) is 10.3 Å². The van der Waals surface area contributed by atoms with Gasteiger partial charge in [-0.2, -0.15) is 0 Å². The fourth-order valence-corrected chi connectivity index (χ4v) is 1.99. The van der Waals surface area contributed by atoms with Crippen LogP contribution in [0, 0.1) is 6.92 Å². The molecule has 2 aromatic rings. The maximum atomic E-state index is 12.0. The number of hydrogen-bond acceptors (Lipinski definition) is 2. The minimum Gasteiger partial charge on any atom is -0.322 e. The van der Waals surface area contributed by atoms with E-state index in [1.807, 2.05) is 6.92 Å². The molecule has 5 heteroatoms. The smallest absolute Gasteiger partial charge is 0.257 e. The van der Waals surface area contributed by atoms with Crippen molar-refractivity contribution in [2.45, 2.75) is 6.92 Å². The van der Waals surface area contributed by atoms with Crippen LogP contribution in [0.4, 0.5) is 5.69 Å². The van der Waals surface area contributed by atoms with Crippen LogP contribution in [0.3, 0.4) is 0 Å². The molecule has 0 saturated heterocycles. The van der Waals surface area contributed by atoms with Crippen molar-refractivity contribution in [3.05, 3.63) is 57.8 Å². The Morgan fingerprint density at radius 3 is 2.67 bits per heavy atom. The van der Waals surface area contributed by atoms with Crippen molar-refractivity contribution in [2.24, 2.45) is 0 Å². The van der Waals surface area contributed by atoms with E-state index in [4.69, 9.17) is 23.2 Å². The fourth-order valence-electron chi connectivity index (χ4n) is 1.50. The summed E-state index contributed by atoms with van der Waals surface area (Å²) < 4.78 is 0. The van der Waals surface area contributed by atoms with E-state index in [1.165, 1.54) is 6.07 Å². The van der Waals surface area contributed by atoms with Crippen LogP contribution in [-0.4, -0.2) is 10.9 Å². The molecule has 0 unspecified atom stereocenters. The summed E-state index contributed by atoms with van der Waals surface area (Å²) in [5, 5.41) is 3.57. The number of hydrogen-bond donors (Lipinski definition) is 1. The molecule has 18 heavy (non-hydrogen) atoms. The van der Waals surface area contributed by atoms with Gasteiger partial charge in [0.2, 0.25) is 0 Å². The molecule has 2 rings (SSSR count). The Morgan fingerprint density at radius 1 is 1.22 bits per heavy atom. The lowest BCUT2D eigenvalue weighted by Gasteiger charge is -2.07. The van der Waals surface area contributed by atoms with Gasteiger partial charge in [-0.15, -0.1) is 0 Å². The second-order valence-electron chi connectivity index (χ2n) is 3.76. The van der Waals surface area contributed by atoms with Gasteiger partial charge in [0, 0.05) is 22.6 Å². The minimum atomic E-state index is -0.276. The monoisotopic (exact) mass is 280 g/mol. The van der Waals surface area contributed by atoms with Crippen LogP contribution in [-0.2, 0) is 0 Å². The van der Waals surface area contributed by atoms with Crippen molar-refractivity contribution >= 4 is 34.8 Å². The van der Waals surface area contributed by atoms with Gasteiger partial charge >= 0.3 is 0 Å². The second-order valence-corrected chi connectivity index (χ2v) is 4.61. The Morgan fingerprint density at radius 2 is 2.00 bits per heavy atom. The highest BCUT2D eigenvalue weighted by atomic mass is 35.5. The molecule has 3 nitrogen and oxygen atoms in total. The predicted octanol–water partition coefficient (Wildman–Crippen LogP) is 3.95. The first-order valence-electron chi connectivity index (χ1n) is 5.25. The number of pyridine rings is 1. The van der Waals surface area contributed by atoms with Gasteiger partial charge in [-0.1, -0.05) is 23.2 Å². The third-order valence-electron chi connectivity index (χ3n) is 2.33.